The molecule has 0 atom stereocenters. The van der Waals surface area contributed by atoms with Crippen LogP contribution in [0.15, 0.2) is 121 Å². The molecule has 0 fully saturated rings. The normalized spacial score (nSPS) is 10.9. The number of amides is 1. The first-order chi connectivity index (χ1) is 19.0. The number of fused-ring (bicyclic) bond motifs is 1. The van der Waals surface area contributed by atoms with E-state index in [4.69, 9.17) is 22.3 Å². The number of nitrogens with two attached hydrogens (primary N) is 1. The van der Waals surface area contributed by atoms with E-state index in [1.807, 2.05) is 66.7 Å². The maximum Gasteiger partial charge on any atom is 0.255 e. The van der Waals surface area contributed by atoms with Crippen molar-refractivity contribution in [3.8, 4) is 16.9 Å². The largest absolute Gasteiger partial charge is 0.399 e. The van der Waals surface area contributed by atoms with Crippen LogP contribution < -0.4 is 16.4 Å². The molecule has 2 heterocycles. The van der Waals surface area contributed by atoms with E-state index < -0.39 is 0 Å². The molecule has 6 nitrogen and oxygen atoms in total. The van der Waals surface area contributed by atoms with Gasteiger partial charge < -0.3 is 20.9 Å². The van der Waals surface area contributed by atoms with Crippen LogP contribution >= 0.6 is 11.6 Å². The number of para-hydroxylation sites is 2. The lowest BCUT2D eigenvalue weighted by Gasteiger charge is -2.11. The number of rotatable bonds is 6. The molecule has 4 N–H and O–H groups in total. The standard InChI is InChI=1S/C32H24ClN5O/c33-28-17-18-30(35-23-7-6-8-24(19-23)36-32(39)21-13-15-22(34)16-14-21)37-31(28)27-20-38(25-9-2-1-3-10-25)29-12-5-4-11-26(27)29/h1-20H,34H2,(H,35,37)(H,36,39). The Morgan fingerprint density at radius 1 is 0.795 bits per heavy atom. The number of carbonyl (C=O) groups is 1. The van der Waals surface area contributed by atoms with Crippen LogP contribution in [0, 0.1) is 0 Å². The third kappa shape index (κ3) is 5.06. The third-order valence-corrected chi connectivity index (χ3v) is 6.72. The van der Waals surface area contributed by atoms with Crippen LogP contribution in [0.4, 0.5) is 22.9 Å². The number of anilines is 4. The Bertz CT molecular complexity index is 1800. The molecule has 7 heteroatoms. The molecule has 0 saturated heterocycles. The minimum Gasteiger partial charge on any atom is -0.399 e. The van der Waals surface area contributed by atoms with E-state index in [1.54, 1.807) is 24.3 Å². The van der Waals surface area contributed by atoms with Gasteiger partial charge in [0.25, 0.3) is 5.91 Å². The molecule has 6 rings (SSSR count). The second-order valence-corrected chi connectivity index (χ2v) is 9.48. The fourth-order valence-corrected chi connectivity index (χ4v) is 4.74. The summed E-state index contributed by atoms with van der Waals surface area (Å²) in [5.74, 6) is 0.418. The van der Waals surface area contributed by atoms with E-state index in [0.717, 1.165) is 27.8 Å². The number of pyridine rings is 1. The van der Waals surface area contributed by atoms with Gasteiger partial charge in [0.1, 0.15) is 5.82 Å². The number of nitrogen functional groups attached to an aromatic ring is 1. The molecular formula is C32H24ClN5O. The van der Waals surface area contributed by atoms with Gasteiger partial charge in [0.05, 0.1) is 16.2 Å². The molecule has 0 aliphatic heterocycles. The molecule has 0 spiro atoms. The fraction of sp³-hybridized carbons (Fsp3) is 0. The van der Waals surface area contributed by atoms with Crippen molar-refractivity contribution in [2.75, 3.05) is 16.4 Å². The third-order valence-electron chi connectivity index (χ3n) is 6.41. The highest BCUT2D eigenvalue weighted by atomic mass is 35.5. The van der Waals surface area contributed by atoms with Crippen molar-refractivity contribution in [2.24, 2.45) is 0 Å². The first-order valence-corrected chi connectivity index (χ1v) is 12.8. The number of hydrogen-bond donors (Lipinski definition) is 3. The van der Waals surface area contributed by atoms with E-state index >= 15 is 0 Å². The van der Waals surface area contributed by atoms with Gasteiger partial charge in [-0.25, -0.2) is 4.98 Å². The molecule has 2 aromatic heterocycles. The Kier molecular flexibility index (Phi) is 6.45. The fourth-order valence-electron chi connectivity index (χ4n) is 4.53. The number of nitrogens with one attached hydrogen (secondary N) is 2. The van der Waals surface area contributed by atoms with Gasteiger partial charge in [-0.2, -0.15) is 0 Å². The lowest BCUT2D eigenvalue weighted by molar-refractivity contribution is 0.102. The zero-order valence-electron chi connectivity index (χ0n) is 20.8. The van der Waals surface area contributed by atoms with E-state index in [-0.39, 0.29) is 5.91 Å². The average molecular weight is 530 g/mol. The number of nitrogens with zero attached hydrogens (tertiary/aromatic N) is 2. The molecule has 39 heavy (non-hydrogen) atoms. The molecule has 0 radical (unpaired) electrons. The highest BCUT2D eigenvalue weighted by molar-refractivity contribution is 6.33. The maximum atomic E-state index is 12.6. The molecule has 0 saturated carbocycles. The predicted molar refractivity (Wildman–Crippen MR) is 160 cm³/mol. The summed E-state index contributed by atoms with van der Waals surface area (Å²) < 4.78 is 2.15. The Morgan fingerprint density at radius 2 is 1.54 bits per heavy atom. The number of carbonyl (C=O) groups excluding carboxylic acids is 1. The number of hydrogen-bond acceptors (Lipinski definition) is 4. The van der Waals surface area contributed by atoms with Crippen molar-refractivity contribution < 1.29 is 4.79 Å². The van der Waals surface area contributed by atoms with Crippen LogP contribution in [-0.4, -0.2) is 15.5 Å². The van der Waals surface area contributed by atoms with Gasteiger partial charge in [-0.3, -0.25) is 4.79 Å². The molecule has 6 aromatic rings. The summed E-state index contributed by atoms with van der Waals surface area (Å²) in [6, 6.07) is 36.3. The summed E-state index contributed by atoms with van der Waals surface area (Å²) in [6.07, 6.45) is 2.07. The molecule has 4 aromatic carbocycles. The topological polar surface area (TPSA) is 85.0 Å². The van der Waals surface area contributed by atoms with Crippen molar-refractivity contribution in [3.05, 3.63) is 132 Å². The summed E-state index contributed by atoms with van der Waals surface area (Å²) in [6.45, 7) is 0. The Hall–Kier alpha value is -5.07. The van der Waals surface area contributed by atoms with Gasteiger partial charge >= 0.3 is 0 Å². The monoisotopic (exact) mass is 529 g/mol. The van der Waals surface area contributed by atoms with E-state index in [1.165, 1.54) is 0 Å². The SMILES string of the molecule is Nc1ccc(C(=O)Nc2cccc(Nc3ccc(Cl)c(-c4cn(-c5ccccc5)c5ccccc45)n3)c2)cc1. The molecular weight excluding hydrogens is 506 g/mol. The second kappa shape index (κ2) is 10.4. The second-order valence-electron chi connectivity index (χ2n) is 9.07. The first kappa shape index (κ1) is 24.3. The van der Waals surface area contributed by atoms with Crippen molar-refractivity contribution in [2.45, 2.75) is 0 Å². The smallest absolute Gasteiger partial charge is 0.255 e. The number of benzene rings is 4. The predicted octanol–water partition coefficient (Wildman–Crippen LogP) is 7.92. The zero-order chi connectivity index (χ0) is 26.8. The summed E-state index contributed by atoms with van der Waals surface area (Å²) in [5.41, 5.74) is 12.0. The van der Waals surface area contributed by atoms with Crippen LogP contribution in [0.25, 0.3) is 27.8 Å². The van der Waals surface area contributed by atoms with Gasteiger partial charge in [0.15, 0.2) is 0 Å². The molecule has 0 unspecified atom stereocenters. The lowest BCUT2D eigenvalue weighted by atomic mass is 10.1. The minimum absolute atomic E-state index is 0.214. The van der Waals surface area contributed by atoms with Crippen molar-refractivity contribution in [3.63, 3.8) is 0 Å². The summed E-state index contributed by atoms with van der Waals surface area (Å²) in [7, 11) is 0. The van der Waals surface area contributed by atoms with Gasteiger partial charge in [0, 0.05) is 45.5 Å². The Morgan fingerprint density at radius 3 is 2.36 bits per heavy atom. The van der Waals surface area contributed by atoms with Crippen molar-refractivity contribution in [1.82, 2.24) is 9.55 Å². The number of aromatic nitrogens is 2. The van der Waals surface area contributed by atoms with Gasteiger partial charge in [0.2, 0.25) is 0 Å². The number of halogens is 1. The molecule has 0 aliphatic rings. The molecule has 0 bridgehead atoms. The Labute approximate surface area is 230 Å². The Balaban J connectivity index is 1.30. The van der Waals surface area contributed by atoms with Gasteiger partial charge in [-0.15, -0.1) is 0 Å². The van der Waals surface area contributed by atoms with Crippen LogP contribution in [0.5, 0.6) is 0 Å². The summed E-state index contributed by atoms with van der Waals surface area (Å²) >= 11 is 6.69. The molecule has 190 valence electrons. The quantitative estimate of drug-likeness (QED) is 0.191. The van der Waals surface area contributed by atoms with Crippen molar-refractivity contribution in [1.29, 1.82) is 0 Å². The first-order valence-electron chi connectivity index (χ1n) is 12.4. The summed E-state index contributed by atoms with van der Waals surface area (Å²) in [4.78, 5) is 17.5. The van der Waals surface area contributed by atoms with E-state index in [0.29, 0.717) is 33.5 Å². The lowest BCUT2D eigenvalue weighted by Crippen LogP contribution is -2.11. The maximum absolute atomic E-state index is 12.6. The van der Waals surface area contributed by atoms with E-state index in [2.05, 4.69) is 45.7 Å². The van der Waals surface area contributed by atoms with Crippen LogP contribution in [0.2, 0.25) is 5.02 Å². The van der Waals surface area contributed by atoms with Crippen LogP contribution in [-0.2, 0) is 0 Å². The molecule has 1 amide bonds. The van der Waals surface area contributed by atoms with Crippen molar-refractivity contribution >= 4 is 51.3 Å². The zero-order valence-corrected chi connectivity index (χ0v) is 21.6. The van der Waals surface area contributed by atoms with Crippen LogP contribution in [0.1, 0.15) is 10.4 Å². The molecule has 0 aliphatic carbocycles. The highest BCUT2D eigenvalue weighted by Crippen LogP contribution is 2.36. The van der Waals surface area contributed by atoms with Gasteiger partial charge in [-0.05, 0) is 72.8 Å². The summed E-state index contributed by atoms with van der Waals surface area (Å²) in [5, 5.41) is 7.88. The van der Waals surface area contributed by atoms with Gasteiger partial charge in [-0.1, -0.05) is 54.1 Å². The van der Waals surface area contributed by atoms with Crippen LogP contribution in [0.3, 0.4) is 0 Å². The minimum atomic E-state index is -0.214. The highest BCUT2D eigenvalue weighted by Gasteiger charge is 2.16. The van der Waals surface area contributed by atoms with E-state index in [9.17, 15) is 4.79 Å². The average Bonchev–Trinajstić information content (AvgIpc) is 3.35.